The molecule has 0 saturated carbocycles. The lowest BCUT2D eigenvalue weighted by atomic mass is 10.1. The van der Waals surface area contributed by atoms with E-state index in [0.29, 0.717) is 33.3 Å². The Labute approximate surface area is 186 Å². The van der Waals surface area contributed by atoms with Crippen molar-refractivity contribution in [1.29, 1.82) is 0 Å². The number of fused-ring (bicyclic) bond motifs is 1. The Kier molecular flexibility index (Phi) is 5.88. The van der Waals surface area contributed by atoms with Gasteiger partial charge in [0.25, 0.3) is 11.5 Å². The molecule has 2 aromatic heterocycles. The lowest BCUT2D eigenvalue weighted by Gasteiger charge is -2.13. The molecule has 0 radical (unpaired) electrons. The zero-order chi connectivity index (χ0) is 22.0. The fourth-order valence-electron chi connectivity index (χ4n) is 3.02. The van der Waals surface area contributed by atoms with Crippen LogP contribution in [0.4, 0.5) is 15.8 Å². The van der Waals surface area contributed by atoms with Gasteiger partial charge in [-0.3, -0.25) is 14.0 Å². The molecule has 0 aliphatic rings. The van der Waals surface area contributed by atoms with Crippen LogP contribution in [0.25, 0.3) is 5.65 Å². The number of rotatable bonds is 5. The molecular formula is C22H15Cl2FN4O2. The van der Waals surface area contributed by atoms with Gasteiger partial charge in [-0.2, -0.15) is 0 Å². The summed E-state index contributed by atoms with van der Waals surface area (Å²) in [6, 6.07) is 15.3. The molecule has 1 amide bonds. The van der Waals surface area contributed by atoms with E-state index < -0.39 is 11.7 Å². The Morgan fingerprint density at radius 3 is 2.65 bits per heavy atom. The lowest BCUT2D eigenvalue weighted by molar-refractivity contribution is 0.102. The van der Waals surface area contributed by atoms with Crippen molar-refractivity contribution in [2.45, 2.75) is 6.54 Å². The predicted octanol–water partition coefficient (Wildman–Crippen LogP) is 5.00. The number of aromatic nitrogens is 2. The molecule has 0 unspecified atom stereocenters. The van der Waals surface area contributed by atoms with E-state index in [1.807, 2.05) is 0 Å². The molecule has 0 saturated heterocycles. The van der Waals surface area contributed by atoms with E-state index in [1.165, 1.54) is 28.8 Å². The Morgan fingerprint density at radius 2 is 1.84 bits per heavy atom. The standard InChI is InChI=1S/C22H15Cl2FN4O2/c23-13-5-8-20-27-15(10-21(30)29(20)12-13)11-26-18-4-2-1-3-16(18)22(31)28-19-7-6-14(25)9-17(19)24/h1-10,12,26H,11H2,(H,28,31). The molecule has 156 valence electrons. The number of pyridine rings is 1. The van der Waals surface area contributed by atoms with Gasteiger partial charge in [0.1, 0.15) is 11.5 Å². The number of halogens is 3. The van der Waals surface area contributed by atoms with E-state index in [4.69, 9.17) is 23.2 Å². The highest BCUT2D eigenvalue weighted by Gasteiger charge is 2.13. The van der Waals surface area contributed by atoms with Gasteiger partial charge in [0.2, 0.25) is 0 Å². The lowest BCUT2D eigenvalue weighted by Crippen LogP contribution is -2.18. The van der Waals surface area contributed by atoms with Crippen LogP contribution in [0, 0.1) is 5.82 Å². The number of hydrogen-bond donors (Lipinski definition) is 2. The first-order chi connectivity index (χ1) is 14.9. The van der Waals surface area contributed by atoms with Gasteiger partial charge in [-0.25, -0.2) is 9.37 Å². The van der Waals surface area contributed by atoms with E-state index in [0.717, 1.165) is 6.07 Å². The molecule has 6 nitrogen and oxygen atoms in total. The van der Waals surface area contributed by atoms with Crippen LogP contribution < -0.4 is 16.2 Å². The number of para-hydroxylation sites is 1. The van der Waals surface area contributed by atoms with Crippen molar-refractivity contribution in [1.82, 2.24) is 9.38 Å². The maximum Gasteiger partial charge on any atom is 0.258 e. The highest BCUT2D eigenvalue weighted by atomic mass is 35.5. The van der Waals surface area contributed by atoms with Crippen LogP contribution in [-0.2, 0) is 6.54 Å². The average Bonchev–Trinajstić information content (AvgIpc) is 2.75. The van der Waals surface area contributed by atoms with Crippen molar-refractivity contribution in [3.05, 3.63) is 104 Å². The fourth-order valence-corrected chi connectivity index (χ4v) is 3.39. The van der Waals surface area contributed by atoms with Crippen LogP contribution in [0.1, 0.15) is 16.1 Å². The molecule has 9 heteroatoms. The highest BCUT2D eigenvalue weighted by Crippen LogP contribution is 2.24. The molecule has 4 rings (SSSR count). The van der Waals surface area contributed by atoms with Crippen LogP contribution >= 0.6 is 23.2 Å². The van der Waals surface area contributed by atoms with Crippen molar-refractivity contribution in [3.8, 4) is 0 Å². The van der Waals surface area contributed by atoms with Gasteiger partial charge in [0, 0.05) is 18.0 Å². The summed E-state index contributed by atoms with van der Waals surface area (Å²) >= 11 is 11.9. The van der Waals surface area contributed by atoms with Crippen LogP contribution in [0.15, 0.2) is 71.7 Å². The van der Waals surface area contributed by atoms with E-state index in [9.17, 15) is 14.0 Å². The van der Waals surface area contributed by atoms with Crippen LogP contribution in [0.5, 0.6) is 0 Å². The molecule has 0 aliphatic carbocycles. The van der Waals surface area contributed by atoms with Gasteiger partial charge in [0.15, 0.2) is 0 Å². The largest absolute Gasteiger partial charge is 0.379 e. The van der Waals surface area contributed by atoms with Gasteiger partial charge in [-0.1, -0.05) is 35.3 Å². The number of carbonyl (C=O) groups excluding carboxylic acids is 1. The van der Waals surface area contributed by atoms with E-state index >= 15 is 0 Å². The number of hydrogen-bond acceptors (Lipinski definition) is 4. The SMILES string of the molecule is O=C(Nc1ccc(F)cc1Cl)c1ccccc1NCc1cc(=O)n2cc(Cl)ccc2n1. The number of benzene rings is 2. The van der Waals surface area contributed by atoms with Crippen molar-refractivity contribution in [3.63, 3.8) is 0 Å². The third-order valence-corrected chi connectivity index (χ3v) is 5.02. The minimum absolute atomic E-state index is 0.0970. The summed E-state index contributed by atoms with van der Waals surface area (Å²) in [6.45, 7) is 0.218. The molecule has 2 aromatic carbocycles. The van der Waals surface area contributed by atoms with Gasteiger partial charge in [-0.05, 0) is 42.5 Å². The Hall–Kier alpha value is -3.42. The molecule has 4 aromatic rings. The summed E-state index contributed by atoms with van der Waals surface area (Å²) in [6.07, 6.45) is 1.50. The zero-order valence-electron chi connectivity index (χ0n) is 15.9. The number of nitrogens with one attached hydrogen (secondary N) is 2. The summed E-state index contributed by atoms with van der Waals surface area (Å²) < 4.78 is 14.6. The van der Waals surface area contributed by atoms with Gasteiger partial charge < -0.3 is 10.6 Å². The monoisotopic (exact) mass is 456 g/mol. The van der Waals surface area contributed by atoms with Crippen LogP contribution in [0.2, 0.25) is 10.0 Å². The maximum absolute atomic E-state index is 13.2. The van der Waals surface area contributed by atoms with Gasteiger partial charge >= 0.3 is 0 Å². The quantitative estimate of drug-likeness (QED) is 0.442. The number of amides is 1. The summed E-state index contributed by atoms with van der Waals surface area (Å²) in [7, 11) is 0. The van der Waals surface area contributed by atoms with Crippen LogP contribution in [0.3, 0.4) is 0 Å². The Morgan fingerprint density at radius 1 is 1.03 bits per heavy atom. The summed E-state index contributed by atoms with van der Waals surface area (Å²) in [5.41, 5.74) is 1.89. The fraction of sp³-hybridized carbons (Fsp3) is 0.0455. The molecule has 0 atom stereocenters. The average molecular weight is 457 g/mol. The van der Waals surface area contributed by atoms with Crippen molar-refractivity contribution in [2.24, 2.45) is 0 Å². The molecule has 2 N–H and O–H groups in total. The predicted molar refractivity (Wildman–Crippen MR) is 120 cm³/mol. The summed E-state index contributed by atoms with van der Waals surface area (Å²) in [4.78, 5) is 29.5. The molecule has 31 heavy (non-hydrogen) atoms. The van der Waals surface area contributed by atoms with E-state index in [1.54, 1.807) is 36.4 Å². The molecule has 0 fully saturated rings. The maximum atomic E-state index is 13.2. The second-order valence-electron chi connectivity index (χ2n) is 6.64. The molecular weight excluding hydrogens is 442 g/mol. The smallest absolute Gasteiger partial charge is 0.258 e. The summed E-state index contributed by atoms with van der Waals surface area (Å²) in [5, 5.41) is 6.34. The Balaban J connectivity index is 1.55. The summed E-state index contributed by atoms with van der Waals surface area (Å²) in [5.74, 6) is -0.913. The highest BCUT2D eigenvalue weighted by molar-refractivity contribution is 6.34. The first kappa shape index (κ1) is 20.8. The Bertz CT molecular complexity index is 1360. The number of anilines is 2. The number of carbonyl (C=O) groups is 1. The second-order valence-corrected chi connectivity index (χ2v) is 7.48. The molecule has 0 bridgehead atoms. The van der Waals surface area contributed by atoms with E-state index in [2.05, 4.69) is 15.6 Å². The van der Waals surface area contributed by atoms with Gasteiger partial charge in [-0.15, -0.1) is 0 Å². The number of nitrogens with zero attached hydrogens (tertiary/aromatic N) is 2. The topological polar surface area (TPSA) is 75.5 Å². The van der Waals surface area contributed by atoms with Gasteiger partial charge in [0.05, 0.1) is 33.5 Å². The minimum Gasteiger partial charge on any atom is -0.379 e. The first-order valence-electron chi connectivity index (χ1n) is 9.18. The molecule has 0 spiro atoms. The second kappa shape index (κ2) is 8.75. The first-order valence-corrected chi connectivity index (χ1v) is 9.93. The molecule has 0 aliphatic heterocycles. The van der Waals surface area contributed by atoms with Crippen molar-refractivity contribution in [2.75, 3.05) is 10.6 Å². The van der Waals surface area contributed by atoms with E-state index in [-0.39, 0.29) is 17.1 Å². The third-order valence-electron chi connectivity index (χ3n) is 4.49. The van der Waals surface area contributed by atoms with Crippen LogP contribution in [-0.4, -0.2) is 15.3 Å². The normalized spacial score (nSPS) is 10.8. The third kappa shape index (κ3) is 4.68. The van der Waals surface area contributed by atoms with Crippen molar-refractivity contribution < 1.29 is 9.18 Å². The van der Waals surface area contributed by atoms with Crippen molar-refractivity contribution >= 4 is 46.1 Å². The minimum atomic E-state index is -0.494. The zero-order valence-corrected chi connectivity index (χ0v) is 17.4. The molecule has 2 heterocycles.